The third kappa shape index (κ3) is 4.38. The Morgan fingerprint density at radius 1 is 1.05 bits per heavy atom. The maximum atomic E-state index is 6.06. The van der Waals surface area contributed by atoms with E-state index in [0.29, 0.717) is 19.1 Å². The minimum atomic E-state index is 0.255. The van der Waals surface area contributed by atoms with Crippen molar-refractivity contribution in [1.29, 1.82) is 0 Å². The van der Waals surface area contributed by atoms with Crippen LogP contribution >= 0.6 is 11.6 Å². The Morgan fingerprint density at radius 2 is 1.84 bits per heavy atom. The predicted octanol–water partition coefficient (Wildman–Crippen LogP) is 4.53. The molecule has 100 valence electrons. The topological polar surface area (TPSA) is 9.23 Å². The molecule has 0 amide bonds. The highest BCUT2D eigenvalue weighted by atomic mass is 35.5. The lowest BCUT2D eigenvalue weighted by molar-refractivity contribution is 0.111. The van der Waals surface area contributed by atoms with Crippen LogP contribution < -0.4 is 0 Å². The molecule has 0 saturated heterocycles. The fraction of sp³-hybridized carbons (Fsp3) is 0.294. The van der Waals surface area contributed by atoms with E-state index in [9.17, 15) is 0 Å². The van der Waals surface area contributed by atoms with E-state index in [0.717, 1.165) is 0 Å². The Morgan fingerprint density at radius 3 is 2.53 bits per heavy atom. The largest absolute Gasteiger partial charge is 0.376 e. The first-order valence-corrected chi connectivity index (χ1v) is 7.07. The second kappa shape index (κ2) is 7.32. The van der Waals surface area contributed by atoms with Gasteiger partial charge in [-0.15, -0.1) is 11.6 Å². The molecule has 2 aromatic carbocycles. The van der Waals surface area contributed by atoms with Crippen LogP contribution in [0.25, 0.3) is 0 Å². The van der Waals surface area contributed by atoms with Gasteiger partial charge in [-0.05, 0) is 18.1 Å². The van der Waals surface area contributed by atoms with Gasteiger partial charge in [0, 0.05) is 11.8 Å². The summed E-state index contributed by atoms with van der Waals surface area (Å²) in [5.74, 6) is 0.836. The second-order valence-corrected chi connectivity index (χ2v) is 5.07. The van der Waals surface area contributed by atoms with Gasteiger partial charge in [0.1, 0.15) is 0 Å². The minimum Gasteiger partial charge on any atom is -0.376 e. The molecule has 0 bridgehead atoms. The maximum absolute atomic E-state index is 6.06. The fourth-order valence-electron chi connectivity index (χ4n) is 2.05. The summed E-state index contributed by atoms with van der Waals surface area (Å²) in [7, 11) is 0. The molecule has 0 radical (unpaired) electrons. The van der Waals surface area contributed by atoms with Gasteiger partial charge in [-0.1, -0.05) is 60.2 Å². The molecule has 1 unspecified atom stereocenters. The molecule has 0 saturated carbocycles. The molecule has 0 N–H and O–H groups in total. The maximum Gasteiger partial charge on any atom is 0.0717 e. The van der Waals surface area contributed by atoms with Crippen molar-refractivity contribution in [3.05, 3.63) is 71.3 Å². The molecule has 2 aromatic rings. The zero-order chi connectivity index (χ0) is 13.5. The summed E-state index contributed by atoms with van der Waals surface area (Å²) in [4.78, 5) is 0. The molecule has 1 nitrogen and oxygen atoms in total. The van der Waals surface area contributed by atoms with Gasteiger partial charge in [0.2, 0.25) is 0 Å². The molecule has 0 aliphatic rings. The zero-order valence-electron chi connectivity index (χ0n) is 11.2. The van der Waals surface area contributed by atoms with Gasteiger partial charge in [-0.3, -0.25) is 0 Å². The van der Waals surface area contributed by atoms with Crippen LogP contribution in [0.4, 0.5) is 0 Å². The van der Waals surface area contributed by atoms with Crippen molar-refractivity contribution < 1.29 is 4.74 Å². The second-order valence-electron chi connectivity index (χ2n) is 4.77. The molecule has 2 rings (SSSR count). The van der Waals surface area contributed by atoms with Crippen LogP contribution in [0.15, 0.2) is 54.6 Å². The summed E-state index contributed by atoms with van der Waals surface area (Å²) < 4.78 is 5.78. The normalized spacial score (nSPS) is 12.3. The number of halogens is 1. The number of hydrogen-bond acceptors (Lipinski definition) is 1. The van der Waals surface area contributed by atoms with Crippen LogP contribution in [0.3, 0.4) is 0 Å². The number of benzene rings is 2. The summed E-state index contributed by atoms with van der Waals surface area (Å²) in [5.41, 5.74) is 3.71. The van der Waals surface area contributed by atoms with Crippen molar-refractivity contribution in [2.75, 3.05) is 12.5 Å². The molecule has 0 heterocycles. The third-order valence-electron chi connectivity index (χ3n) is 3.13. The Kier molecular flexibility index (Phi) is 5.44. The van der Waals surface area contributed by atoms with E-state index in [2.05, 4.69) is 43.3 Å². The van der Waals surface area contributed by atoms with Crippen molar-refractivity contribution in [3.8, 4) is 0 Å². The van der Waals surface area contributed by atoms with Crippen molar-refractivity contribution in [2.45, 2.75) is 19.4 Å². The van der Waals surface area contributed by atoms with E-state index >= 15 is 0 Å². The Labute approximate surface area is 120 Å². The monoisotopic (exact) mass is 274 g/mol. The van der Waals surface area contributed by atoms with Gasteiger partial charge in [-0.2, -0.15) is 0 Å². The molecule has 2 heteroatoms. The van der Waals surface area contributed by atoms with Crippen LogP contribution in [0.1, 0.15) is 22.6 Å². The van der Waals surface area contributed by atoms with Gasteiger partial charge in [-0.25, -0.2) is 0 Å². The van der Waals surface area contributed by atoms with E-state index in [1.807, 2.05) is 18.2 Å². The minimum absolute atomic E-state index is 0.255. The Bertz CT molecular complexity index is 496. The molecular weight excluding hydrogens is 256 g/mol. The zero-order valence-corrected chi connectivity index (χ0v) is 11.9. The summed E-state index contributed by atoms with van der Waals surface area (Å²) >= 11 is 6.06. The lowest BCUT2D eigenvalue weighted by Crippen LogP contribution is -2.09. The molecular formula is C17H19ClO. The van der Waals surface area contributed by atoms with E-state index in [1.165, 1.54) is 16.7 Å². The highest BCUT2D eigenvalue weighted by Crippen LogP contribution is 2.19. The first kappa shape index (κ1) is 14.1. The van der Waals surface area contributed by atoms with E-state index < -0.39 is 0 Å². The highest BCUT2D eigenvalue weighted by Gasteiger charge is 2.10. The SMILES string of the molecule is Cc1cccc(C(CCl)COCc2ccccc2)c1. The van der Waals surface area contributed by atoms with Crippen LogP contribution in [-0.2, 0) is 11.3 Å². The van der Waals surface area contributed by atoms with Crippen molar-refractivity contribution in [3.63, 3.8) is 0 Å². The average molecular weight is 275 g/mol. The smallest absolute Gasteiger partial charge is 0.0717 e. The molecule has 0 fully saturated rings. The van der Waals surface area contributed by atoms with Crippen LogP contribution in [-0.4, -0.2) is 12.5 Å². The summed E-state index contributed by atoms with van der Waals surface area (Å²) in [5, 5.41) is 0. The van der Waals surface area contributed by atoms with Crippen molar-refractivity contribution in [2.24, 2.45) is 0 Å². The van der Waals surface area contributed by atoms with Crippen molar-refractivity contribution in [1.82, 2.24) is 0 Å². The number of hydrogen-bond donors (Lipinski definition) is 0. The predicted molar refractivity (Wildman–Crippen MR) is 80.7 cm³/mol. The number of rotatable bonds is 6. The first-order valence-electron chi connectivity index (χ1n) is 6.54. The summed E-state index contributed by atoms with van der Waals surface area (Å²) in [6.07, 6.45) is 0. The van der Waals surface area contributed by atoms with Crippen LogP contribution in [0.2, 0.25) is 0 Å². The Hall–Kier alpha value is -1.31. The molecule has 0 spiro atoms. The highest BCUT2D eigenvalue weighted by molar-refractivity contribution is 6.18. The quantitative estimate of drug-likeness (QED) is 0.703. The molecule has 0 aliphatic carbocycles. The van der Waals surface area contributed by atoms with Crippen LogP contribution in [0.5, 0.6) is 0 Å². The van der Waals surface area contributed by atoms with Gasteiger partial charge >= 0.3 is 0 Å². The Balaban J connectivity index is 1.89. The van der Waals surface area contributed by atoms with E-state index in [4.69, 9.17) is 16.3 Å². The molecule has 0 aromatic heterocycles. The van der Waals surface area contributed by atoms with Gasteiger partial charge in [0.15, 0.2) is 0 Å². The van der Waals surface area contributed by atoms with E-state index in [-0.39, 0.29) is 5.92 Å². The molecule has 19 heavy (non-hydrogen) atoms. The van der Waals surface area contributed by atoms with Gasteiger partial charge in [0.05, 0.1) is 13.2 Å². The van der Waals surface area contributed by atoms with Gasteiger partial charge < -0.3 is 4.74 Å². The van der Waals surface area contributed by atoms with Gasteiger partial charge in [0.25, 0.3) is 0 Å². The number of aryl methyl sites for hydroxylation is 1. The summed E-state index contributed by atoms with van der Waals surface area (Å²) in [6.45, 7) is 3.39. The first-order chi connectivity index (χ1) is 9.29. The number of alkyl halides is 1. The van der Waals surface area contributed by atoms with Crippen molar-refractivity contribution >= 4 is 11.6 Å². The lowest BCUT2D eigenvalue weighted by Gasteiger charge is -2.15. The average Bonchev–Trinajstić information content (AvgIpc) is 2.45. The van der Waals surface area contributed by atoms with E-state index in [1.54, 1.807) is 0 Å². The molecule has 0 aliphatic heterocycles. The number of ether oxygens (including phenoxy) is 1. The fourth-order valence-corrected chi connectivity index (χ4v) is 2.31. The van der Waals surface area contributed by atoms with Crippen LogP contribution in [0, 0.1) is 6.92 Å². The molecule has 1 atom stereocenters. The lowest BCUT2D eigenvalue weighted by atomic mass is 10.0. The standard InChI is InChI=1S/C17H19ClO/c1-14-6-5-9-16(10-14)17(11-18)13-19-12-15-7-3-2-4-8-15/h2-10,17H,11-13H2,1H3. The third-order valence-corrected chi connectivity index (χ3v) is 3.50. The summed E-state index contributed by atoms with van der Waals surface area (Å²) in [6, 6.07) is 18.7.